The molecular formula is C13H11NO2. The number of benzene rings is 2. The van der Waals surface area contributed by atoms with Crippen molar-refractivity contribution in [3.05, 3.63) is 76.7 Å². The number of hydrogen-bond donors (Lipinski definition) is 1. The Kier molecular flexibility index (Phi) is 2.79. The normalized spacial score (nSPS) is 11.1. The Hall–Kier alpha value is -2.00. The Labute approximate surface area is 93.3 Å². The van der Waals surface area contributed by atoms with Gasteiger partial charge in [-0.2, -0.15) is 0 Å². The lowest BCUT2D eigenvalue weighted by Gasteiger charge is -2.20. The first-order valence-corrected chi connectivity index (χ1v) is 4.95. The van der Waals surface area contributed by atoms with Crippen molar-refractivity contribution in [3.63, 3.8) is 0 Å². The van der Waals surface area contributed by atoms with Gasteiger partial charge in [-0.05, 0) is 5.18 Å². The van der Waals surface area contributed by atoms with Crippen LogP contribution in [0.4, 0.5) is 0 Å². The summed E-state index contributed by atoms with van der Waals surface area (Å²) >= 11 is 0. The summed E-state index contributed by atoms with van der Waals surface area (Å²) in [5.41, 5.74) is -0.866. The summed E-state index contributed by atoms with van der Waals surface area (Å²) in [6.45, 7) is 0. The molecule has 1 N–H and O–H groups in total. The fraction of sp³-hybridized carbons (Fsp3) is 0.0769. The van der Waals surface area contributed by atoms with Crippen molar-refractivity contribution in [3.8, 4) is 0 Å². The molecule has 0 fully saturated rings. The molecule has 80 valence electrons. The van der Waals surface area contributed by atoms with Crippen LogP contribution >= 0.6 is 0 Å². The first kappa shape index (κ1) is 10.5. The summed E-state index contributed by atoms with van der Waals surface area (Å²) in [4.78, 5) is 10.9. The quantitative estimate of drug-likeness (QED) is 0.797. The third-order valence-electron chi connectivity index (χ3n) is 2.48. The Morgan fingerprint density at radius 2 is 1.19 bits per heavy atom. The van der Waals surface area contributed by atoms with Gasteiger partial charge in [0.05, 0.1) is 0 Å². The molecule has 0 unspecified atom stereocenters. The molecule has 0 aliphatic carbocycles. The lowest BCUT2D eigenvalue weighted by atomic mass is 9.95. The Bertz CT molecular complexity index is 428. The third-order valence-corrected chi connectivity index (χ3v) is 2.48. The molecule has 0 spiro atoms. The number of nitroso groups, excluding NO2 is 1. The van der Waals surface area contributed by atoms with Crippen molar-refractivity contribution < 1.29 is 5.11 Å². The van der Waals surface area contributed by atoms with E-state index in [1.807, 2.05) is 12.1 Å². The molecule has 0 aromatic heterocycles. The van der Waals surface area contributed by atoms with Crippen molar-refractivity contribution >= 4 is 0 Å². The second kappa shape index (κ2) is 4.24. The summed E-state index contributed by atoms with van der Waals surface area (Å²) in [6, 6.07) is 17.4. The predicted molar refractivity (Wildman–Crippen MR) is 61.7 cm³/mol. The molecule has 3 nitrogen and oxygen atoms in total. The largest absolute Gasteiger partial charge is 0.359 e. The molecule has 0 radical (unpaired) electrons. The van der Waals surface area contributed by atoms with Crippen LogP contribution in [0.3, 0.4) is 0 Å². The van der Waals surface area contributed by atoms with E-state index in [1.165, 1.54) is 0 Å². The summed E-state index contributed by atoms with van der Waals surface area (Å²) in [5, 5.41) is 13.1. The number of aliphatic hydroxyl groups is 1. The van der Waals surface area contributed by atoms with Crippen molar-refractivity contribution in [1.82, 2.24) is 0 Å². The summed E-state index contributed by atoms with van der Waals surface area (Å²) < 4.78 is 0. The molecule has 0 atom stereocenters. The lowest BCUT2D eigenvalue weighted by molar-refractivity contribution is 0.0892. The third kappa shape index (κ3) is 1.73. The van der Waals surface area contributed by atoms with Crippen molar-refractivity contribution in [2.45, 2.75) is 5.72 Å². The summed E-state index contributed by atoms with van der Waals surface area (Å²) in [5.74, 6) is 0. The molecule has 0 saturated carbocycles. The van der Waals surface area contributed by atoms with Gasteiger partial charge in [0.25, 0.3) is 0 Å². The van der Waals surface area contributed by atoms with Gasteiger partial charge in [-0.15, -0.1) is 4.91 Å². The molecule has 0 saturated heterocycles. The Balaban J connectivity index is 2.53. The van der Waals surface area contributed by atoms with Gasteiger partial charge in [0, 0.05) is 11.1 Å². The van der Waals surface area contributed by atoms with Gasteiger partial charge in [-0.1, -0.05) is 60.7 Å². The van der Waals surface area contributed by atoms with Gasteiger partial charge in [0.1, 0.15) is 0 Å². The highest BCUT2D eigenvalue weighted by molar-refractivity contribution is 5.34. The average Bonchev–Trinajstić information content (AvgIpc) is 2.40. The van der Waals surface area contributed by atoms with E-state index in [0.29, 0.717) is 11.1 Å². The predicted octanol–water partition coefficient (Wildman–Crippen LogP) is 2.65. The molecule has 0 aliphatic heterocycles. The van der Waals surface area contributed by atoms with Crippen LogP contribution in [-0.2, 0) is 5.72 Å². The fourth-order valence-corrected chi connectivity index (χ4v) is 1.61. The Morgan fingerprint density at radius 1 is 0.812 bits per heavy atom. The lowest BCUT2D eigenvalue weighted by Crippen LogP contribution is -2.23. The first-order chi connectivity index (χ1) is 7.77. The molecule has 16 heavy (non-hydrogen) atoms. The SMILES string of the molecule is O=NC(O)(c1ccccc1)c1ccccc1. The minimum absolute atomic E-state index is 0.469. The smallest absolute Gasteiger partial charge is 0.249 e. The van der Waals surface area contributed by atoms with Crippen LogP contribution in [0.15, 0.2) is 65.8 Å². The maximum absolute atomic E-state index is 10.9. The highest BCUT2D eigenvalue weighted by atomic mass is 16.4. The molecular weight excluding hydrogens is 202 g/mol. The minimum atomic E-state index is -1.80. The summed E-state index contributed by atoms with van der Waals surface area (Å²) in [6.07, 6.45) is 0. The van der Waals surface area contributed by atoms with Crippen LogP contribution in [-0.4, -0.2) is 5.11 Å². The van der Waals surface area contributed by atoms with E-state index in [9.17, 15) is 10.0 Å². The molecule has 2 aromatic rings. The van der Waals surface area contributed by atoms with Gasteiger partial charge in [0.15, 0.2) is 0 Å². The molecule has 0 amide bonds. The number of nitrogens with zero attached hydrogens (tertiary/aromatic N) is 1. The second-order valence-electron chi connectivity index (χ2n) is 3.50. The monoisotopic (exact) mass is 213 g/mol. The highest BCUT2D eigenvalue weighted by Crippen LogP contribution is 2.30. The van der Waals surface area contributed by atoms with Crippen molar-refractivity contribution in [1.29, 1.82) is 0 Å². The van der Waals surface area contributed by atoms with E-state index < -0.39 is 5.72 Å². The van der Waals surface area contributed by atoms with Gasteiger partial charge in [0.2, 0.25) is 5.72 Å². The van der Waals surface area contributed by atoms with Crippen molar-refractivity contribution in [2.75, 3.05) is 0 Å². The maximum Gasteiger partial charge on any atom is 0.249 e. The first-order valence-electron chi connectivity index (χ1n) is 4.95. The zero-order valence-electron chi connectivity index (χ0n) is 8.58. The van der Waals surface area contributed by atoms with Crippen LogP contribution in [0, 0.1) is 4.91 Å². The Morgan fingerprint density at radius 3 is 1.50 bits per heavy atom. The van der Waals surface area contributed by atoms with Crippen LogP contribution in [0.25, 0.3) is 0 Å². The van der Waals surface area contributed by atoms with Gasteiger partial charge in [-0.25, -0.2) is 0 Å². The maximum atomic E-state index is 10.9. The van der Waals surface area contributed by atoms with Crippen LogP contribution < -0.4 is 0 Å². The molecule has 0 aliphatic rings. The zero-order chi connectivity index (χ0) is 11.4. The fourth-order valence-electron chi connectivity index (χ4n) is 1.61. The summed E-state index contributed by atoms with van der Waals surface area (Å²) in [7, 11) is 0. The van der Waals surface area contributed by atoms with E-state index in [1.54, 1.807) is 48.5 Å². The van der Waals surface area contributed by atoms with E-state index in [0.717, 1.165) is 0 Å². The minimum Gasteiger partial charge on any atom is -0.359 e. The van der Waals surface area contributed by atoms with Gasteiger partial charge < -0.3 is 5.11 Å². The highest BCUT2D eigenvalue weighted by Gasteiger charge is 2.32. The van der Waals surface area contributed by atoms with Crippen LogP contribution in [0.5, 0.6) is 0 Å². The van der Waals surface area contributed by atoms with E-state index in [4.69, 9.17) is 0 Å². The number of hydrogen-bond acceptors (Lipinski definition) is 3. The number of rotatable bonds is 3. The van der Waals surface area contributed by atoms with E-state index >= 15 is 0 Å². The second-order valence-corrected chi connectivity index (χ2v) is 3.50. The standard InChI is InChI=1S/C13H11NO2/c15-13(14-16,11-7-3-1-4-8-11)12-9-5-2-6-10-12/h1-10,15H. The molecule has 3 heteroatoms. The van der Waals surface area contributed by atoms with E-state index in [-0.39, 0.29) is 0 Å². The molecule has 0 bridgehead atoms. The van der Waals surface area contributed by atoms with E-state index in [2.05, 4.69) is 5.18 Å². The van der Waals surface area contributed by atoms with Crippen LogP contribution in [0.2, 0.25) is 0 Å². The zero-order valence-corrected chi connectivity index (χ0v) is 8.58. The topological polar surface area (TPSA) is 49.7 Å². The van der Waals surface area contributed by atoms with Crippen LogP contribution in [0.1, 0.15) is 11.1 Å². The van der Waals surface area contributed by atoms with Crippen molar-refractivity contribution in [2.24, 2.45) is 5.18 Å². The van der Waals surface area contributed by atoms with Gasteiger partial charge >= 0.3 is 0 Å². The molecule has 2 aromatic carbocycles. The average molecular weight is 213 g/mol. The van der Waals surface area contributed by atoms with Gasteiger partial charge in [-0.3, -0.25) is 0 Å². The molecule has 0 heterocycles. The molecule has 2 rings (SSSR count).